The SMILES string of the molecule is Cc1ccc(C)c(OCC(=O)N(Cc2ccc(Cl)cc2)[C@@H](Cc2ccccc2)C(=O)NC2CCCCC2)c1. The van der Waals surface area contributed by atoms with E-state index in [-0.39, 0.29) is 31.0 Å². The highest BCUT2D eigenvalue weighted by atomic mass is 35.5. The largest absolute Gasteiger partial charge is 0.483 e. The van der Waals surface area contributed by atoms with Crippen molar-refractivity contribution in [3.8, 4) is 5.75 Å². The molecule has 0 unspecified atom stereocenters. The zero-order chi connectivity index (χ0) is 26.9. The molecule has 0 bridgehead atoms. The molecular formula is C32H37ClN2O3. The molecular weight excluding hydrogens is 496 g/mol. The fraction of sp³-hybridized carbons (Fsp3) is 0.375. The minimum Gasteiger partial charge on any atom is -0.483 e. The molecule has 0 heterocycles. The van der Waals surface area contributed by atoms with Gasteiger partial charge in [-0.25, -0.2) is 0 Å². The number of rotatable bonds is 10. The lowest BCUT2D eigenvalue weighted by Gasteiger charge is -2.33. The summed E-state index contributed by atoms with van der Waals surface area (Å²) in [4.78, 5) is 29.3. The summed E-state index contributed by atoms with van der Waals surface area (Å²) in [5.74, 6) is 0.325. The molecule has 1 aliphatic carbocycles. The van der Waals surface area contributed by atoms with Gasteiger partial charge in [-0.2, -0.15) is 0 Å². The third kappa shape index (κ3) is 7.84. The Hall–Kier alpha value is -3.31. The number of carbonyl (C=O) groups excluding carboxylic acids is 2. The average molecular weight is 533 g/mol. The number of ether oxygens (including phenoxy) is 1. The lowest BCUT2D eigenvalue weighted by molar-refractivity contribution is -0.143. The Kier molecular flexibility index (Phi) is 9.83. The van der Waals surface area contributed by atoms with Crippen molar-refractivity contribution in [1.29, 1.82) is 0 Å². The van der Waals surface area contributed by atoms with Crippen molar-refractivity contribution >= 4 is 23.4 Å². The predicted molar refractivity (Wildman–Crippen MR) is 152 cm³/mol. The molecule has 0 saturated heterocycles. The van der Waals surface area contributed by atoms with Crippen LogP contribution in [0.3, 0.4) is 0 Å². The molecule has 1 N–H and O–H groups in total. The number of hydrogen-bond donors (Lipinski definition) is 1. The number of halogens is 1. The monoisotopic (exact) mass is 532 g/mol. The van der Waals surface area contributed by atoms with Crippen molar-refractivity contribution in [2.75, 3.05) is 6.61 Å². The van der Waals surface area contributed by atoms with E-state index in [2.05, 4.69) is 5.32 Å². The molecule has 1 saturated carbocycles. The number of hydrogen-bond acceptors (Lipinski definition) is 3. The molecule has 1 aliphatic rings. The van der Waals surface area contributed by atoms with Gasteiger partial charge in [-0.15, -0.1) is 0 Å². The fourth-order valence-electron chi connectivity index (χ4n) is 4.97. The minimum atomic E-state index is -0.676. The van der Waals surface area contributed by atoms with E-state index in [1.807, 2.05) is 74.5 Å². The summed E-state index contributed by atoms with van der Waals surface area (Å²) in [6.45, 7) is 4.08. The van der Waals surface area contributed by atoms with Gasteiger partial charge in [0, 0.05) is 24.0 Å². The number of nitrogens with zero attached hydrogens (tertiary/aromatic N) is 1. The van der Waals surface area contributed by atoms with E-state index in [4.69, 9.17) is 16.3 Å². The zero-order valence-corrected chi connectivity index (χ0v) is 23.0. The van der Waals surface area contributed by atoms with Crippen LogP contribution in [0.5, 0.6) is 5.75 Å². The Balaban J connectivity index is 1.62. The first kappa shape index (κ1) is 27.7. The fourth-order valence-corrected chi connectivity index (χ4v) is 5.10. The van der Waals surface area contributed by atoms with Crippen molar-refractivity contribution in [2.24, 2.45) is 0 Å². The maximum absolute atomic E-state index is 13.8. The lowest BCUT2D eigenvalue weighted by Crippen LogP contribution is -2.53. The van der Waals surface area contributed by atoms with E-state index in [1.165, 1.54) is 6.42 Å². The highest BCUT2D eigenvalue weighted by Crippen LogP contribution is 2.22. The van der Waals surface area contributed by atoms with Crippen LogP contribution in [0.2, 0.25) is 5.02 Å². The van der Waals surface area contributed by atoms with Crippen LogP contribution in [-0.4, -0.2) is 35.4 Å². The second-order valence-electron chi connectivity index (χ2n) is 10.3. The van der Waals surface area contributed by atoms with E-state index < -0.39 is 6.04 Å². The third-order valence-corrected chi connectivity index (χ3v) is 7.44. The first-order valence-electron chi connectivity index (χ1n) is 13.5. The Morgan fingerprint density at radius 2 is 1.66 bits per heavy atom. The molecule has 200 valence electrons. The van der Waals surface area contributed by atoms with Crippen molar-refractivity contribution in [3.63, 3.8) is 0 Å². The Morgan fingerprint density at radius 1 is 0.947 bits per heavy atom. The highest BCUT2D eigenvalue weighted by molar-refractivity contribution is 6.30. The summed E-state index contributed by atoms with van der Waals surface area (Å²) in [7, 11) is 0. The molecule has 1 fully saturated rings. The van der Waals surface area contributed by atoms with Crippen LogP contribution in [0.4, 0.5) is 0 Å². The van der Waals surface area contributed by atoms with Gasteiger partial charge in [0.2, 0.25) is 5.91 Å². The van der Waals surface area contributed by atoms with Gasteiger partial charge in [0.1, 0.15) is 11.8 Å². The Bertz CT molecular complexity index is 1210. The summed E-state index contributed by atoms with van der Waals surface area (Å²) in [5, 5.41) is 3.89. The van der Waals surface area contributed by atoms with Crippen LogP contribution < -0.4 is 10.1 Å². The van der Waals surface area contributed by atoms with Gasteiger partial charge in [0.25, 0.3) is 5.91 Å². The van der Waals surface area contributed by atoms with Crippen LogP contribution in [0.1, 0.15) is 54.4 Å². The maximum Gasteiger partial charge on any atom is 0.261 e. The van der Waals surface area contributed by atoms with Gasteiger partial charge in [-0.3, -0.25) is 9.59 Å². The Labute approximate surface area is 231 Å². The number of nitrogens with one attached hydrogen (secondary N) is 1. The minimum absolute atomic E-state index is 0.116. The number of benzene rings is 3. The molecule has 0 spiro atoms. The van der Waals surface area contributed by atoms with Crippen molar-refractivity contribution in [1.82, 2.24) is 10.2 Å². The topological polar surface area (TPSA) is 58.6 Å². The van der Waals surface area contributed by atoms with Crippen molar-refractivity contribution in [2.45, 2.75) is 71.0 Å². The van der Waals surface area contributed by atoms with Crippen LogP contribution in [0.25, 0.3) is 0 Å². The van der Waals surface area contributed by atoms with Gasteiger partial charge in [0.05, 0.1) is 0 Å². The van der Waals surface area contributed by atoms with Crippen molar-refractivity contribution in [3.05, 3.63) is 100 Å². The van der Waals surface area contributed by atoms with Gasteiger partial charge >= 0.3 is 0 Å². The predicted octanol–water partition coefficient (Wildman–Crippen LogP) is 6.42. The number of carbonyl (C=O) groups is 2. The standard InChI is InChI=1S/C32H37ClN2O3/c1-23-13-14-24(2)30(19-23)38-22-31(36)35(21-26-15-17-27(33)18-16-26)29(20-25-9-5-3-6-10-25)32(37)34-28-11-7-4-8-12-28/h3,5-6,9-10,13-19,28-29H,4,7-8,11-12,20-22H2,1-2H3,(H,34,37)/t29-/m0/s1. The van der Waals surface area contributed by atoms with Gasteiger partial charge in [-0.1, -0.05) is 85.5 Å². The molecule has 4 rings (SSSR count). The maximum atomic E-state index is 13.8. The van der Waals surface area contributed by atoms with E-state index in [0.29, 0.717) is 17.2 Å². The second kappa shape index (κ2) is 13.5. The normalized spacial score (nSPS) is 14.5. The summed E-state index contributed by atoms with van der Waals surface area (Å²) in [5.41, 5.74) is 3.92. The van der Waals surface area contributed by atoms with E-state index in [9.17, 15) is 9.59 Å². The summed E-state index contributed by atoms with van der Waals surface area (Å²) in [6.07, 6.45) is 5.81. The van der Waals surface area contributed by atoms with Crippen LogP contribution in [0.15, 0.2) is 72.8 Å². The van der Waals surface area contributed by atoms with E-state index in [1.54, 1.807) is 17.0 Å². The highest BCUT2D eigenvalue weighted by Gasteiger charge is 2.32. The molecule has 0 radical (unpaired) electrons. The molecule has 0 aromatic heterocycles. The van der Waals surface area contributed by atoms with Gasteiger partial charge < -0.3 is 15.0 Å². The zero-order valence-electron chi connectivity index (χ0n) is 22.3. The first-order chi connectivity index (χ1) is 18.4. The lowest BCUT2D eigenvalue weighted by atomic mass is 9.94. The average Bonchev–Trinajstić information content (AvgIpc) is 2.93. The molecule has 38 heavy (non-hydrogen) atoms. The molecule has 3 aromatic carbocycles. The van der Waals surface area contributed by atoms with Crippen LogP contribution in [0, 0.1) is 13.8 Å². The molecule has 2 amide bonds. The molecule has 6 heteroatoms. The van der Waals surface area contributed by atoms with Crippen LogP contribution in [-0.2, 0) is 22.6 Å². The van der Waals surface area contributed by atoms with Gasteiger partial charge in [-0.05, 0) is 67.1 Å². The first-order valence-corrected chi connectivity index (χ1v) is 13.8. The second-order valence-corrected chi connectivity index (χ2v) is 10.7. The number of amides is 2. The Morgan fingerprint density at radius 3 is 2.37 bits per heavy atom. The quantitative estimate of drug-likeness (QED) is 0.327. The van der Waals surface area contributed by atoms with Gasteiger partial charge in [0.15, 0.2) is 6.61 Å². The molecule has 0 aliphatic heterocycles. The molecule has 3 aromatic rings. The summed E-state index contributed by atoms with van der Waals surface area (Å²) in [6, 6.07) is 22.7. The third-order valence-electron chi connectivity index (χ3n) is 7.18. The molecule has 1 atom stereocenters. The smallest absolute Gasteiger partial charge is 0.261 e. The van der Waals surface area contributed by atoms with E-state index >= 15 is 0 Å². The summed E-state index contributed by atoms with van der Waals surface area (Å²) >= 11 is 6.12. The summed E-state index contributed by atoms with van der Waals surface area (Å²) < 4.78 is 6.00. The van der Waals surface area contributed by atoms with E-state index in [0.717, 1.165) is 47.9 Å². The van der Waals surface area contributed by atoms with Crippen molar-refractivity contribution < 1.29 is 14.3 Å². The molecule has 5 nitrogen and oxygen atoms in total. The van der Waals surface area contributed by atoms with Crippen LogP contribution >= 0.6 is 11.6 Å². The number of aryl methyl sites for hydroxylation is 2.